The number of benzene rings is 2. The highest BCUT2D eigenvalue weighted by Gasteiger charge is 2.27. The molecule has 2 rings (SSSR count). The highest BCUT2D eigenvalue weighted by Crippen LogP contribution is 2.24. The summed E-state index contributed by atoms with van der Waals surface area (Å²) in [4.78, 5) is 27.7. The van der Waals surface area contributed by atoms with Crippen LogP contribution in [-0.4, -0.2) is 57.1 Å². The monoisotopic (exact) mass is 537 g/mol. The Morgan fingerprint density at radius 3 is 2.42 bits per heavy atom. The molecule has 0 aliphatic heterocycles. The first-order valence-electron chi connectivity index (χ1n) is 11.9. The summed E-state index contributed by atoms with van der Waals surface area (Å²) in [5.41, 5.74) is 1.18. The normalized spacial score (nSPS) is 12.9. The number of anilines is 1. The van der Waals surface area contributed by atoms with Crippen LogP contribution in [-0.2, 0) is 26.2 Å². The van der Waals surface area contributed by atoms with Crippen LogP contribution >= 0.6 is 11.6 Å². The van der Waals surface area contributed by atoms with Gasteiger partial charge in [-0.05, 0) is 50.5 Å². The summed E-state index contributed by atoms with van der Waals surface area (Å²) < 4.78 is 31.4. The maximum Gasteiger partial charge on any atom is 0.242 e. The number of hydrogen-bond donors (Lipinski definition) is 1. The highest BCUT2D eigenvalue weighted by molar-refractivity contribution is 7.92. The lowest BCUT2D eigenvalue weighted by Crippen LogP contribution is -2.49. The molecular formula is C26H36ClN3O5S. The van der Waals surface area contributed by atoms with Crippen molar-refractivity contribution in [1.29, 1.82) is 0 Å². The maximum atomic E-state index is 13.3. The molecule has 2 aromatic carbocycles. The lowest BCUT2D eigenvalue weighted by atomic mass is 10.1. The average Bonchev–Trinajstić information content (AvgIpc) is 2.84. The summed E-state index contributed by atoms with van der Waals surface area (Å²) in [6.45, 7) is 5.83. The number of amides is 2. The smallest absolute Gasteiger partial charge is 0.242 e. The zero-order valence-electron chi connectivity index (χ0n) is 21.5. The first kappa shape index (κ1) is 29.5. The van der Waals surface area contributed by atoms with Crippen LogP contribution in [0.15, 0.2) is 48.5 Å². The van der Waals surface area contributed by atoms with Crippen LogP contribution in [0.5, 0.6) is 5.75 Å². The van der Waals surface area contributed by atoms with E-state index in [0.29, 0.717) is 16.5 Å². The zero-order valence-corrected chi connectivity index (χ0v) is 23.1. The standard InChI is InChI=1S/C26H36ClN3O5S/c1-6-19(2)28-26(32)20(3)29(18-21-11-7-8-14-24(21)27)25(31)15-10-16-30(36(5,33)34)22-12-9-13-23(17-22)35-4/h7-9,11-14,17,19-20H,6,10,15-16,18H2,1-5H3,(H,28,32)/t19-,20+/m0/s1. The number of halogens is 1. The van der Waals surface area contributed by atoms with E-state index in [1.165, 1.54) is 16.3 Å². The number of nitrogens with zero attached hydrogens (tertiary/aromatic N) is 2. The lowest BCUT2D eigenvalue weighted by Gasteiger charge is -2.30. The minimum atomic E-state index is -3.59. The molecule has 1 N–H and O–H groups in total. The van der Waals surface area contributed by atoms with E-state index in [0.717, 1.165) is 18.2 Å². The predicted octanol–water partition coefficient (Wildman–Crippen LogP) is 4.23. The van der Waals surface area contributed by atoms with Crippen molar-refractivity contribution in [2.45, 2.75) is 58.7 Å². The fraction of sp³-hybridized carbons (Fsp3) is 0.462. The van der Waals surface area contributed by atoms with Gasteiger partial charge in [-0.3, -0.25) is 13.9 Å². The van der Waals surface area contributed by atoms with Crippen molar-refractivity contribution < 1.29 is 22.7 Å². The van der Waals surface area contributed by atoms with Crippen molar-refractivity contribution in [3.05, 3.63) is 59.1 Å². The fourth-order valence-corrected chi connectivity index (χ4v) is 4.78. The van der Waals surface area contributed by atoms with Gasteiger partial charge in [0.15, 0.2) is 0 Å². The van der Waals surface area contributed by atoms with E-state index in [4.69, 9.17) is 16.3 Å². The van der Waals surface area contributed by atoms with Gasteiger partial charge in [0.25, 0.3) is 0 Å². The van der Waals surface area contributed by atoms with E-state index < -0.39 is 16.1 Å². The zero-order chi connectivity index (χ0) is 26.9. The van der Waals surface area contributed by atoms with Crippen LogP contribution in [0.4, 0.5) is 5.69 Å². The minimum absolute atomic E-state index is 0.0246. The van der Waals surface area contributed by atoms with Crippen molar-refractivity contribution >= 4 is 39.1 Å². The van der Waals surface area contributed by atoms with Gasteiger partial charge >= 0.3 is 0 Å². The second-order valence-corrected chi connectivity index (χ2v) is 11.1. The van der Waals surface area contributed by atoms with Crippen molar-refractivity contribution in [3.63, 3.8) is 0 Å². The Kier molecular flexibility index (Phi) is 11.0. The Bertz CT molecular complexity index is 1140. The third kappa shape index (κ3) is 8.41. The summed E-state index contributed by atoms with van der Waals surface area (Å²) in [5.74, 6) is 0.0176. The average molecular weight is 538 g/mol. The summed E-state index contributed by atoms with van der Waals surface area (Å²) in [6.07, 6.45) is 2.21. The van der Waals surface area contributed by atoms with Gasteiger partial charge in [-0.15, -0.1) is 0 Å². The molecule has 0 spiro atoms. The maximum absolute atomic E-state index is 13.3. The van der Waals surface area contributed by atoms with Crippen molar-refractivity contribution in [2.75, 3.05) is 24.2 Å². The van der Waals surface area contributed by atoms with Crippen LogP contribution in [0.3, 0.4) is 0 Å². The molecule has 8 nitrogen and oxygen atoms in total. The van der Waals surface area contributed by atoms with Crippen LogP contribution in [0, 0.1) is 0 Å². The molecule has 198 valence electrons. The first-order chi connectivity index (χ1) is 17.0. The molecule has 0 aliphatic rings. The molecule has 0 bridgehead atoms. The molecule has 0 saturated carbocycles. The number of carbonyl (C=O) groups excluding carboxylic acids is 2. The highest BCUT2D eigenvalue weighted by atomic mass is 35.5. The fourth-order valence-electron chi connectivity index (χ4n) is 3.63. The van der Waals surface area contributed by atoms with Gasteiger partial charge in [-0.2, -0.15) is 0 Å². The molecular weight excluding hydrogens is 502 g/mol. The van der Waals surface area contributed by atoms with Gasteiger partial charge in [0.2, 0.25) is 21.8 Å². The first-order valence-corrected chi connectivity index (χ1v) is 14.2. The minimum Gasteiger partial charge on any atom is -0.497 e. The molecule has 2 aromatic rings. The molecule has 0 unspecified atom stereocenters. The number of hydrogen-bond acceptors (Lipinski definition) is 5. The van der Waals surface area contributed by atoms with E-state index in [-0.39, 0.29) is 43.8 Å². The van der Waals surface area contributed by atoms with E-state index in [9.17, 15) is 18.0 Å². The van der Waals surface area contributed by atoms with Crippen molar-refractivity contribution in [1.82, 2.24) is 10.2 Å². The van der Waals surface area contributed by atoms with E-state index in [2.05, 4.69) is 5.32 Å². The second-order valence-electron chi connectivity index (χ2n) is 8.75. The molecule has 2 atom stereocenters. The Balaban J connectivity index is 2.19. The Labute approximate surface area is 219 Å². The molecule has 0 radical (unpaired) electrons. The van der Waals surface area contributed by atoms with Crippen LogP contribution < -0.4 is 14.4 Å². The van der Waals surface area contributed by atoms with Crippen LogP contribution in [0.2, 0.25) is 5.02 Å². The van der Waals surface area contributed by atoms with Gasteiger partial charge < -0.3 is 15.0 Å². The van der Waals surface area contributed by atoms with E-state index in [1.807, 2.05) is 26.0 Å². The molecule has 0 aromatic heterocycles. The van der Waals surface area contributed by atoms with Gasteiger partial charge in [0.1, 0.15) is 11.8 Å². The Morgan fingerprint density at radius 2 is 1.81 bits per heavy atom. The third-order valence-electron chi connectivity index (χ3n) is 5.96. The third-order valence-corrected chi connectivity index (χ3v) is 7.52. The Morgan fingerprint density at radius 1 is 1.11 bits per heavy atom. The molecule has 0 heterocycles. The largest absolute Gasteiger partial charge is 0.497 e. The number of ether oxygens (including phenoxy) is 1. The predicted molar refractivity (Wildman–Crippen MR) is 144 cm³/mol. The SMILES string of the molecule is CC[C@H](C)NC(=O)[C@@H](C)N(Cc1ccccc1Cl)C(=O)CCCN(c1cccc(OC)c1)S(C)(=O)=O. The molecule has 36 heavy (non-hydrogen) atoms. The van der Waals surface area contributed by atoms with Gasteiger partial charge in [0, 0.05) is 36.6 Å². The number of methoxy groups -OCH3 is 1. The van der Waals surface area contributed by atoms with E-state index >= 15 is 0 Å². The van der Waals surface area contributed by atoms with Gasteiger partial charge in [0.05, 0.1) is 19.1 Å². The second kappa shape index (κ2) is 13.5. The molecule has 0 fully saturated rings. The number of sulfonamides is 1. The topological polar surface area (TPSA) is 96.0 Å². The molecule has 0 aliphatic carbocycles. The number of carbonyl (C=O) groups is 2. The van der Waals surface area contributed by atoms with Crippen LogP contribution in [0.1, 0.15) is 45.6 Å². The Hall–Kier alpha value is -2.78. The lowest BCUT2D eigenvalue weighted by molar-refractivity contribution is -0.140. The summed E-state index contributed by atoms with van der Waals surface area (Å²) in [5, 5.41) is 3.43. The molecule has 10 heteroatoms. The summed E-state index contributed by atoms with van der Waals surface area (Å²) in [6, 6.07) is 13.2. The summed E-state index contributed by atoms with van der Waals surface area (Å²) >= 11 is 6.33. The van der Waals surface area contributed by atoms with Crippen molar-refractivity contribution in [2.24, 2.45) is 0 Å². The summed E-state index contributed by atoms with van der Waals surface area (Å²) in [7, 11) is -2.08. The molecule has 0 saturated heterocycles. The van der Waals surface area contributed by atoms with Crippen LogP contribution in [0.25, 0.3) is 0 Å². The van der Waals surface area contributed by atoms with Gasteiger partial charge in [-0.1, -0.05) is 42.8 Å². The molecule has 2 amide bonds. The number of rotatable bonds is 13. The number of nitrogens with one attached hydrogen (secondary N) is 1. The van der Waals surface area contributed by atoms with Gasteiger partial charge in [-0.25, -0.2) is 8.42 Å². The van der Waals surface area contributed by atoms with E-state index in [1.54, 1.807) is 43.3 Å². The van der Waals surface area contributed by atoms with Crippen molar-refractivity contribution in [3.8, 4) is 5.75 Å². The quantitative estimate of drug-likeness (QED) is 0.412.